The fraction of sp³-hybridized carbons (Fsp3) is 0.650. The van der Waals surface area contributed by atoms with Crippen LogP contribution in [0.5, 0.6) is 5.75 Å². The van der Waals surface area contributed by atoms with Gasteiger partial charge >= 0.3 is 6.09 Å². The summed E-state index contributed by atoms with van der Waals surface area (Å²) < 4.78 is 61.3. The second kappa shape index (κ2) is 9.28. The average molecular weight is 434 g/mol. The van der Waals surface area contributed by atoms with Gasteiger partial charge in [-0.3, -0.25) is 0 Å². The van der Waals surface area contributed by atoms with Gasteiger partial charge in [-0.05, 0) is 58.4 Å². The topological polar surface area (TPSA) is 72.9 Å². The van der Waals surface area contributed by atoms with Crippen molar-refractivity contribution in [1.82, 2.24) is 4.90 Å². The van der Waals surface area contributed by atoms with Crippen molar-refractivity contribution < 1.29 is 31.5 Å². The third kappa shape index (κ3) is 7.13. The minimum absolute atomic E-state index is 0.195. The Morgan fingerprint density at radius 2 is 1.79 bits per heavy atom. The molecule has 0 bridgehead atoms. The third-order valence-electron chi connectivity index (χ3n) is 4.67. The summed E-state index contributed by atoms with van der Waals surface area (Å²) in [5, 5.41) is 0. The lowest BCUT2D eigenvalue weighted by Crippen LogP contribution is -2.41. The summed E-state index contributed by atoms with van der Waals surface area (Å²) in [5.41, 5.74) is -0.514. The van der Waals surface area contributed by atoms with Gasteiger partial charge < -0.3 is 14.4 Å². The van der Waals surface area contributed by atoms with Crippen LogP contribution in [0, 0.1) is 17.6 Å². The number of hydrogen-bond donors (Lipinski definition) is 0. The SMILES string of the molecule is CC(C)(C)OC(=O)N1CCC(CCCOc2cc(F)c(S(C)(=O)=O)cc2F)CC1. The number of sulfone groups is 1. The molecule has 0 N–H and O–H groups in total. The normalized spacial score (nSPS) is 16.0. The Kier molecular flexibility index (Phi) is 7.48. The molecule has 0 saturated carbocycles. The zero-order valence-corrected chi connectivity index (χ0v) is 18.2. The number of carbonyl (C=O) groups is 1. The van der Waals surface area contributed by atoms with Gasteiger partial charge in [-0.15, -0.1) is 0 Å². The Morgan fingerprint density at radius 3 is 2.34 bits per heavy atom. The molecule has 1 aromatic carbocycles. The fourth-order valence-electron chi connectivity index (χ4n) is 3.19. The maximum Gasteiger partial charge on any atom is 0.410 e. The number of amides is 1. The second-order valence-corrected chi connectivity index (χ2v) is 10.4. The highest BCUT2D eigenvalue weighted by atomic mass is 32.2. The summed E-state index contributed by atoms with van der Waals surface area (Å²) in [6, 6.07) is 1.41. The molecule has 1 aliphatic heterocycles. The zero-order valence-electron chi connectivity index (χ0n) is 17.3. The number of carbonyl (C=O) groups excluding carboxylic acids is 1. The second-order valence-electron chi connectivity index (χ2n) is 8.39. The molecule has 1 saturated heterocycles. The number of nitrogens with zero attached hydrogens (tertiary/aromatic N) is 1. The summed E-state index contributed by atoms with van der Waals surface area (Å²) in [6.45, 7) is 6.96. The standard InChI is InChI=1S/C20H29F2NO5S/c1-20(2,3)28-19(24)23-9-7-14(8-10-23)6-5-11-27-17-12-16(22)18(13-15(17)21)29(4,25)26/h12-14H,5-11H2,1-4H3. The number of rotatable bonds is 6. The molecule has 6 nitrogen and oxygen atoms in total. The predicted octanol–water partition coefficient (Wildman–Crippen LogP) is 4.17. The van der Waals surface area contributed by atoms with Crippen LogP contribution in [0.15, 0.2) is 17.0 Å². The lowest BCUT2D eigenvalue weighted by molar-refractivity contribution is 0.0179. The summed E-state index contributed by atoms with van der Waals surface area (Å²) in [5.74, 6) is -1.81. The van der Waals surface area contributed by atoms with Gasteiger partial charge in [0.2, 0.25) is 0 Å². The van der Waals surface area contributed by atoms with E-state index in [9.17, 15) is 22.0 Å². The zero-order chi connectivity index (χ0) is 21.8. The van der Waals surface area contributed by atoms with Crippen LogP contribution in [0.4, 0.5) is 13.6 Å². The largest absolute Gasteiger partial charge is 0.490 e. The Balaban J connectivity index is 1.76. The van der Waals surface area contributed by atoms with E-state index < -0.39 is 32.0 Å². The van der Waals surface area contributed by atoms with Gasteiger partial charge in [0.15, 0.2) is 21.4 Å². The van der Waals surface area contributed by atoms with Crippen molar-refractivity contribution in [3.8, 4) is 5.75 Å². The van der Waals surface area contributed by atoms with Crippen LogP contribution in [0.25, 0.3) is 0 Å². The molecule has 0 radical (unpaired) electrons. The van der Waals surface area contributed by atoms with E-state index in [4.69, 9.17) is 9.47 Å². The van der Waals surface area contributed by atoms with Gasteiger partial charge in [-0.2, -0.15) is 0 Å². The Bertz CT molecular complexity index is 828. The fourth-order valence-corrected chi connectivity index (χ4v) is 3.92. The summed E-state index contributed by atoms with van der Waals surface area (Å²) >= 11 is 0. The molecule has 0 unspecified atom stereocenters. The summed E-state index contributed by atoms with van der Waals surface area (Å²) in [7, 11) is -3.84. The Hall–Kier alpha value is -1.90. The monoisotopic (exact) mass is 433 g/mol. The molecule has 0 spiro atoms. The number of benzene rings is 1. The van der Waals surface area contributed by atoms with Crippen LogP contribution in [0.1, 0.15) is 46.5 Å². The Morgan fingerprint density at radius 1 is 1.17 bits per heavy atom. The number of hydrogen-bond acceptors (Lipinski definition) is 5. The van der Waals surface area contributed by atoms with Crippen LogP contribution < -0.4 is 4.74 Å². The van der Waals surface area contributed by atoms with E-state index in [1.807, 2.05) is 20.8 Å². The minimum atomic E-state index is -3.84. The van der Waals surface area contributed by atoms with Gasteiger partial charge in [-0.25, -0.2) is 22.0 Å². The molecule has 1 fully saturated rings. The van der Waals surface area contributed by atoms with E-state index in [0.29, 0.717) is 31.5 Å². The molecule has 29 heavy (non-hydrogen) atoms. The first-order valence-electron chi connectivity index (χ1n) is 9.66. The summed E-state index contributed by atoms with van der Waals surface area (Å²) in [6.07, 6.45) is 3.71. The van der Waals surface area contributed by atoms with Crippen molar-refractivity contribution >= 4 is 15.9 Å². The number of likely N-dealkylation sites (tertiary alicyclic amines) is 1. The molecule has 1 heterocycles. The maximum absolute atomic E-state index is 14.0. The lowest BCUT2D eigenvalue weighted by Gasteiger charge is -2.33. The smallest absolute Gasteiger partial charge is 0.410 e. The van der Waals surface area contributed by atoms with E-state index >= 15 is 0 Å². The molecule has 9 heteroatoms. The van der Waals surface area contributed by atoms with E-state index in [0.717, 1.165) is 31.6 Å². The molecule has 1 aromatic rings. The van der Waals surface area contributed by atoms with E-state index in [1.165, 1.54) is 0 Å². The van der Waals surface area contributed by atoms with Gasteiger partial charge in [-0.1, -0.05) is 0 Å². The molecule has 0 aromatic heterocycles. The van der Waals surface area contributed by atoms with Crippen molar-refractivity contribution in [2.24, 2.45) is 5.92 Å². The lowest BCUT2D eigenvalue weighted by atomic mass is 9.92. The van der Waals surface area contributed by atoms with E-state index in [-0.39, 0.29) is 18.4 Å². The van der Waals surface area contributed by atoms with Crippen LogP contribution in [0.2, 0.25) is 0 Å². The predicted molar refractivity (Wildman–Crippen MR) is 105 cm³/mol. The van der Waals surface area contributed by atoms with E-state index in [2.05, 4.69) is 0 Å². The first kappa shape index (κ1) is 23.4. The van der Waals surface area contributed by atoms with E-state index in [1.54, 1.807) is 4.90 Å². The minimum Gasteiger partial charge on any atom is -0.490 e. The highest BCUT2D eigenvalue weighted by Crippen LogP contribution is 2.26. The molecular weight excluding hydrogens is 404 g/mol. The number of piperidine rings is 1. The molecule has 2 rings (SSSR count). The first-order chi connectivity index (χ1) is 13.4. The highest BCUT2D eigenvalue weighted by Gasteiger charge is 2.26. The number of halogens is 2. The quantitative estimate of drug-likeness (QED) is 0.630. The average Bonchev–Trinajstić information content (AvgIpc) is 2.59. The maximum atomic E-state index is 14.0. The third-order valence-corrected chi connectivity index (χ3v) is 5.78. The van der Waals surface area contributed by atoms with Crippen LogP contribution in [0.3, 0.4) is 0 Å². The first-order valence-corrected chi connectivity index (χ1v) is 11.6. The van der Waals surface area contributed by atoms with Crippen LogP contribution in [-0.4, -0.2) is 51.0 Å². The van der Waals surface area contributed by atoms with Gasteiger partial charge in [0.1, 0.15) is 16.3 Å². The van der Waals surface area contributed by atoms with Gasteiger partial charge in [0, 0.05) is 25.4 Å². The van der Waals surface area contributed by atoms with Crippen molar-refractivity contribution in [3.63, 3.8) is 0 Å². The number of ether oxygens (including phenoxy) is 2. The van der Waals surface area contributed by atoms with Crippen LogP contribution in [-0.2, 0) is 14.6 Å². The van der Waals surface area contributed by atoms with Gasteiger partial charge in [0.25, 0.3) is 0 Å². The Labute approximate surface area is 171 Å². The van der Waals surface area contributed by atoms with Crippen molar-refractivity contribution in [2.75, 3.05) is 26.0 Å². The molecule has 1 aliphatic rings. The molecule has 0 aliphatic carbocycles. The molecular formula is C20H29F2NO5S. The van der Waals surface area contributed by atoms with Crippen molar-refractivity contribution in [1.29, 1.82) is 0 Å². The molecule has 0 atom stereocenters. The van der Waals surface area contributed by atoms with Gasteiger partial charge in [0.05, 0.1) is 6.61 Å². The van der Waals surface area contributed by atoms with Crippen LogP contribution >= 0.6 is 0 Å². The molecule has 1 amide bonds. The molecule has 164 valence electrons. The van der Waals surface area contributed by atoms with Crippen molar-refractivity contribution in [3.05, 3.63) is 23.8 Å². The summed E-state index contributed by atoms with van der Waals surface area (Å²) in [4.78, 5) is 13.1. The van der Waals surface area contributed by atoms with Crippen molar-refractivity contribution in [2.45, 2.75) is 57.0 Å². The highest BCUT2D eigenvalue weighted by molar-refractivity contribution is 7.90.